The number of thiophene rings is 1. The molecule has 0 bridgehead atoms. The van der Waals surface area contributed by atoms with Gasteiger partial charge in [-0.2, -0.15) is 0 Å². The summed E-state index contributed by atoms with van der Waals surface area (Å²) < 4.78 is 0. The van der Waals surface area contributed by atoms with Gasteiger partial charge in [0, 0.05) is 5.56 Å². The van der Waals surface area contributed by atoms with E-state index in [9.17, 15) is 4.79 Å². The molecule has 0 fully saturated rings. The van der Waals surface area contributed by atoms with Crippen molar-refractivity contribution >= 4 is 28.7 Å². The summed E-state index contributed by atoms with van der Waals surface area (Å²) in [6.45, 7) is 0. The molecule has 0 aliphatic heterocycles. The maximum Gasteiger partial charge on any atom is 0.204 e. The molecule has 1 aromatic carbocycles. The molecule has 0 unspecified atom stereocenters. The first kappa shape index (κ1) is 9.44. The van der Waals surface area contributed by atoms with Crippen LogP contribution in [-0.2, 0) is 0 Å². The molecular formula is C11H7ClOS. The lowest BCUT2D eigenvalue weighted by Crippen LogP contribution is -1.98. The smallest absolute Gasteiger partial charge is 0.204 e. The Balaban J connectivity index is 2.42. The maximum absolute atomic E-state index is 11.9. The molecular weight excluding hydrogens is 216 g/mol. The standard InChI is InChI=1S/C11H7ClOS/c12-9-5-2-1-4-8(9)11(13)10-6-3-7-14-10/h1-7H. The minimum atomic E-state index is -0.00870. The summed E-state index contributed by atoms with van der Waals surface area (Å²) in [6, 6.07) is 10.7. The minimum Gasteiger partial charge on any atom is -0.288 e. The van der Waals surface area contributed by atoms with E-state index in [2.05, 4.69) is 0 Å². The average molecular weight is 223 g/mol. The van der Waals surface area contributed by atoms with Gasteiger partial charge in [-0.25, -0.2) is 0 Å². The SMILES string of the molecule is O=C(c1cccs1)c1ccccc1Cl. The van der Waals surface area contributed by atoms with E-state index in [-0.39, 0.29) is 5.78 Å². The second kappa shape index (κ2) is 3.95. The highest BCUT2D eigenvalue weighted by Gasteiger charge is 2.12. The number of hydrogen-bond acceptors (Lipinski definition) is 2. The first-order valence-corrected chi connectivity index (χ1v) is 5.37. The van der Waals surface area contributed by atoms with Gasteiger partial charge in [0.25, 0.3) is 0 Å². The van der Waals surface area contributed by atoms with Crippen molar-refractivity contribution in [3.8, 4) is 0 Å². The number of halogens is 1. The summed E-state index contributed by atoms with van der Waals surface area (Å²) in [6.07, 6.45) is 0. The van der Waals surface area contributed by atoms with E-state index >= 15 is 0 Å². The first-order chi connectivity index (χ1) is 6.79. The molecule has 0 N–H and O–H groups in total. The fourth-order valence-electron chi connectivity index (χ4n) is 1.19. The highest BCUT2D eigenvalue weighted by atomic mass is 35.5. The third kappa shape index (κ3) is 1.72. The fourth-order valence-corrected chi connectivity index (χ4v) is 2.09. The summed E-state index contributed by atoms with van der Waals surface area (Å²) in [5.41, 5.74) is 0.566. The lowest BCUT2D eigenvalue weighted by molar-refractivity contribution is 0.104. The van der Waals surface area contributed by atoms with Crippen LogP contribution in [0, 0.1) is 0 Å². The molecule has 2 rings (SSSR count). The van der Waals surface area contributed by atoms with Crippen LogP contribution in [0.3, 0.4) is 0 Å². The van der Waals surface area contributed by atoms with Crippen molar-refractivity contribution in [1.29, 1.82) is 0 Å². The Bertz CT molecular complexity index is 448. The van der Waals surface area contributed by atoms with Gasteiger partial charge >= 0.3 is 0 Å². The average Bonchev–Trinajstić information content (AvgIpc) is 2.70. The summed E-state index contributed by atoms with van der Waals surface area (Å²) in [4.78, 5) is 12.6. The monoisotopic (exact) mass is 222 g/mol. The zero-order valence-electron chi connectivity index (χ0n) is 7.24. The molecule has 0 saturated carbocycles. The maximum atomic E-state index is 11.9. The summed E-state index contributed by atoms with van der Waals surface area (Å²) in [5.74, 6) is -0.00870. The van der Waals surface area contributed by atoms with Crippen LogP contribution in [0.5, 0.6) is 0 Å². The van der Waals surface area contributed by atoms with Crippen LogP contribution in [-0.4, -0.2) is 5.78 Å². The quantitative estimate of drug-likeness (QED) is 0.710. The van der Waals surface area contributed by atoms with Gasteiger partial charge in [-0.05, 0) is 23.6 Å². The molecule has 70 valence electrons. The van der Waals surface area contributed by atoms with Gasteiger partial charge < -0.3 is 0 Å². The van der Waals surface area contributed by atoms with Crippen molar-refractivity contribution < 1.29 is 4.79 Å². The predicted octanol–water partition coefficient (Wildman–Crippen LogP) is 3.63. The Morgan fingerprint density at radius 1 is 1.14 bits per heavy atom. The highest BCUT2D eigenvalue weighted by Crippen LogP contribution is 2.21. The molecule has 0 aliphatic rings. The molecule has 0 spiro atoms. The van der Waals surface area contributed by atoms with Crippen LogP contribution in [0.15, 0.2) is 41.8 Å². The van der Waals surface area contributed by atoms with Crippen molar-refractivity contribution in [1.82, 2.24) is 0 Å². The minimum absolute atomic E-state index is 0.00870. The number of benzene rings is 1. The molecule has 0 amide bonds. The Kier molecular flexibility index (Phi) is 2.66. The van der Waals surface area contributed by atoms with Crippen molar-refractivity contribution in [2.24, 2.45) is 0 Å². The predicted molar refractivity (Wildman–Crippen MR) is 59.2 cm³/mol. The van der Waals surface area contributed by atoms with Crippen LogP contribution in [0.4, 0.5) is 0 Å². The van der Waals surface area contributed by atoms with Gasteiger partial charge in [-0.3, -0.25) is 4.79 Å². The van der Waals surface area contributed by atoms with Crippen molar-refractivity contribution in [3.63, 3.8) is 0 Å². The van der Waals surface area contributed by atoms with E-state index in [0.29, 0.717) is 10.6 Å². The van der Waals surface area contributed by atoms with Crippen LogP contribution in [0.1, 0.15) is 15.2 Å². The van der Waals surface area contributed by atoms with E-state index < -0.39 is 0 Å². The van der Waals surface area contributed by atoms with Crippen molar-refractivity contribution in [2.75, 3.05) is 0 Å². The summed E-state index contributed by atoms with van der Waals surface area (Å²) >= 11 is 7.35. The second-order valence-electron chi connectivity index (χ2n) is 2.79. The van der Waals surface area contributed by atoms with Crippen LogP contribution in [0.25, 0.3) is 0 Å². The number of hydrogen-bond donors (Lipinski definition) is 0. The molecule has 1 heterocycles. The largest absolute Gasteiger partial charge is 0.288 e. The molecule has 1 nitrogen and oxygen atoms in total. The van der Waals surface area contributed by atoms with E-state index in [1.165, 1.54) is 11.3 Å². The van der Waals surface area contributed by atoms with Gasteiger partial charge in [0.1, 0.15) is 0 Å². The fraction of sp³-hybridized carbons (Fsp3) is 0. The van der Waals surface area contributed by atoms with E-state index in [1.807, 2.05) is 23.6 Å². The number of carbonyl (C=O) groups is 1. The van der Waals surface area contributed by atoms with Gasteiger partial charge in [0.2, 0.25) is 5.78 Å². The Labute approximate surface area is 91.0 Å². The Hall–Kier alpha value is -1.12. The van der Waals surface area contributed by atoms with E-state index in [0.717, 1.165) is 4.88 Å². The van der Waals surface area contributed by atoms with Crippen LogP contribution >= 0.6 is 22.9 Å². The zero-order chi connectivity index (χ0) is 9.97. The first-order valence-electron chi connectivity index (χ1n) is 4.12. The molecule has 1 aromatic heterocycles. The van der Waals surface area contributed by atoms with Crippen molar-refractivity contribution in [3.05, 3.63) is 57.2 Å². The normalized spacial score (nSPS) is 10.1. The van der Waals surface area contributed by atoms with Crippen molar-refractivity contribution in [2.45, 2.75) is 0 Å². The molecule has 14 heavy (non-hydrogen) atoms. The van der Waals surface area contributed by atoms with Gasteiger partial charge in [0.05, 0.1) is 9.90 Å². The number of rotatable bonds is 2. The second-order valence-corrected chi connectivity index (χ2v) is 4.14. The highest BCUT2D eigenvalue weighted by molar-refractivity contribution is 7.12. The molecule has 0 aliphatic carbocycles. The molecule has 0 radical (unpaired) electrons. The van der Waals surface area contributed by atoms with Crippen LogP contribution in [0.2, 0.25) is 5.02 Å². The Morgan fingerprint density at radius 2 is 1.93 bits per heavy atom. The lowest BCUT2D eigenvalue weighted by atomic mass is 10.1. The molecule has 0 saturated heterocycles. The number of ketones is 1. The summed E-state index contributed by atoms with van der Waals surface area (Å²) in [5, 5.41) is 2.38. The zero-order valence-corrected chi connectivity index (χ0v) is 8.81. The van der Waals surface area contributed by atoms with Crippen LogP contribution < -0.4 is 0 Å². The molecule has 0 atom stereocenters. The lowest BCUT2D eigenvalue weighted by Gasteiger charge is -1.99. The molecule has 3 heteroatoms. The third-order valence-electron chi connectivity index (χ3n) is 1.86. The van der Waals surface area contributed by atoms with E-state index in [4.69, 9.17) is 11.6 Å². The third-order valence-corrected chi connectivity index (χ3v) is 3.06. The topological polar surface area (TPSA) is 17.1 Å². The Morgan fingerprint density at radius 3 is 2.57 bits per heavy atom. The number of carbonyl (C=O) groups excluding carboxylic acids is 1. The van der Waals surface area contributed by atoms with Gasteiger partial charge in [0.15, 0.2) is 0 Å². The molecule has 2 aromatic rings. The van der Waals surface area contributed by atoms with E-state index in [1.54, 1.807) is 18.2 Å². The van der Waals surface area contributed by atoms with Gasteiger partial charge in [-0.1, -0.05) is 29.8 Å². The summed E-state index contributed by atoms with van der Waals surface area (Å²) in [7, 11) is 0. The van der Waals surface area contributed by atoms with Gasteiger partial charge in [-0.15, -0.1) is 11.3 Å².